The maximum absolute atomic E-state index is 14.1. The van der Waals surface area contributed by atoms with E-state index in [2.05, 4.69) is 4.98 Å². The molecule has 1 N–H and O–H groups in total. The van der Waals surface area contributed by atoms with Crippen molar-refractivity contribution in [2.24, 2.45) is 0 Å². The molecule has 3 aromatic rings. The van der Waals surface area contributed by atoms with Crippen LogP contribution in [0.15, 0.2) is 53.8 Å². The van der Waals surface area contributed by atoms with Gasteiger partial charge in [-0.25, -0.2) is 4.98 Å². The van der Waals surface area contributed by atoms with Gasteiger partial charge >= 0.3 is 0 Å². The second-order valence-electron chi connectivity index (χ2n) is 9.41. The summed E-state index contributed by atoms with van der Waals surface area (Å²) in [7, 11) is 8.40. The molecule has 39 heavy (non-hydrogen) atoms. The van der Waals surface area contributed by atoms with Crippen LogP contribution in [0.2, 0.25) is 0 Å². The van der Waals surface area contributed by atoms with Crippen molar-refractivity contribution in [2.75, 3.05) is 48.5 Å². The average molecular weight is 552 g/mol. The fourth-order valence-electron chi connectivity index (χ4n) is 4.71. The van der Waals surface area contributed by atoms with Crippen molar-refractivity contribution in [1.82, 2.24) is 14.8 Å². The number of ether oxygens (including phenoxy) is 3. The third-order valence-electron chi connectivity index (χ3n) is 6.58. The predicted octanol–water partition coefficient (Wildman–Crippen LogP) is 4.67. The zero-order chi connectivity index (χ0) is 28.3. The Morgan fingerprint density at radius 3 is 2.28 bits per heavy atom. The molecular weight excluding hydrogens is 518 g/mol. The molecule has 0 saturated heterocycles. The number of hydrogen-bond acceptors (Lipinski definition) is 9. The zero-order valence-corrected chi connectivity index (χ0v) is 23.8. The van der Waals surface area contributed by atoms with Gasteiger partial charge in [0.05, 0.1) is 43.5 Å². The second kappa shape index (κ2) is 11.9. The Balaban J connectivity index is 1.83. The number of aliphatic hydroxyl groups excluding tert-OH is 1. The molecule has 0 unspecified atom stereocenters. The first-order valence-electron chi connectivity index (χ1n) is 12.5. The third kappa shape index (κ3) is 5.48. The summed E-state index contributed by atoms with van der Waals surface area (Å²) in [6.07, 6.45) is 0.645. The van der Waals surface area contributed by atoms with Crippen LogP contribution in [0.4, 0.5) is 0 Å². The van der Waals surface area contributed by atoms with Gasteiger partial charge in [-0.15, -0.1) is 11.3 Å². The van der Waals surface area contributed by atoms with E-state index >= 15 is 0 Å². The lowest BCUT2D eigenvalue weighted by molar-refractivity contribution is -0.129. The SMILES string of the molecule is COc1cc([C@@H]2C(C(=O)c3sc(-c4ccccc4)nc3C)=C(O)C(=O)N2CCCN(C)C)cc(OC)c1OC. The van der Waals surface area contributed by atoms with Crippen molar-refractivity contribution in [3.8, 4) is 27.8 Å². The molecule has 206 valence electrons. The van der Waals surface area contributed by atoms with Gasteiger partial charge in [-0.2, -0.15) is 0 Å². The van der Waals surface area contributed by atoms with Gasteiger partial charge in [0.25, 0.3) is 5.91 Å². The van der Waals surface area contributed by atoms with E-state index in [1.165, 1.54) is 37.6 Å². The summed E-state index contributed by atoms with van der Waals surface area (Å²) in [6.45, 7) is 2.81. The number of hydrogen-bond donors (Lipinski definition) is 1. The van der Waals surface area contributed by atoms with Gasteiger partial charge < -0.3 is 29.1 Å². The minimum absolute atomic E-state index is 0.00508. The number of amides is 1. The lowest BCUT2D eigenvalue weighted by Crippen LogP contribution is -2.33. The summed E-state index contributed by atoms with van der Waals surface area (Å²) < 4.78 is 16.6. The molecule has 0 fully saturated rings. The second-order valence-corrected chi connectivity index (χ2v) is 10.4. The smallest absolute Gasteiger partial charge is 0.290 e. The topological polar surface area (TPSA) is 101 Å². The molecular formula is C29H33N3O6S. The van der Waals surface area contributed by atoms with Crippen molar-refractivity contribution in [3.05, 3.63) is 69.9 Å². The van der Waals surface area contributed by atoms with E-state index in [0.717, 1.165) is 12.1 Å². The van der Waals surface area contributed by atoms with Crippen molar-refractivity contribution >= 4 is 23.0 Å². The number of ketones is 1. The maximum Gasteiger partial charge on any atom is 0.290 e. The molecule has 0 bridgehead atoms. The highest BCUT2D eigenvalue weighted by Gasteiger charge is 2.45. The number of aromatic nitrogens is 1. The van der Waals surface area contributed by atoms with Crippen LogP contribution in [-0.2, 0) is 4.79 Å². The number of Topliss-reactive ketones (excluding diaryl/α,β-unsaturated/α-hetero) is 1. The normalized spacial score (nSPS) is 15.3. The Kier molecular flexibility index (Phi) is 8.57. The quantitative estimate of drug-likeness (QED) is 0.343. The molecule has 1 aliphatic heterocycles. The number of aryl methyl sites for hydroxylation is 1. The Morgan fingerprint density at radius 1 is 1.08 bits per heavy atom. The van der Waals surface area contributed by atoms with Crippen molar-refractivity contribution in [3.63, 3.8) is 0 Å². The van der Waals surface area contributed by atoms with Crippen LogP contribution in [0.25, 0.3) is 10.6 Å². The average Bonchev–Trinajstić information content (AvgIpc) is 3.45. The van der Waals surface area contributed by atoms with Gasteiger partial charge in [-0.05, 0) is 51.7 Å². The largest absolute Gasteiger partial charge is 0.503 e. The van der Waals surface area contributed by atoms with Crippen LogP contribution < -0.4 is 14.2 Å². The van der Waals surface area contributed by atoms with E-state index in [1.54, 1.807) is 19.1 Å². The molecule has 1 aliphatic rings. The van der Waals surface area contributed by atoms with Crippen molar-refractivity contribution < 1.29 is 28.9 Å². The number of carbonyl (C=O) groups is 2. The van der Waals surface area contributed by atoms with E-state index in [4.69, 9.17) is 14.2 Å². The fourth-order valence-corrected chi connectivity index (χ4v) is 5.74. The van der Waals surface area contributed by atoms with Crippen LogP contribution in [-0.4, -0.2) is 80.1 Å². The highest BCUT2D eigenvalue weighted by Crippen LogP contribution is 2.46. The summed E-state index contributed by atoms with van der Waals surface area (Å²) in [6, 6.07) is 12.1. The summed E-state index contributed by atoms with van der Waals surface area (Å²) in [5.41, 5.74) is 1.98. The number of methoxy groups -OCH3 is 3. The first-order chi connectivity index (χ1) is 18.7. The lowest BCUT2D eigenvalue weighted by Gasteiger charge is -2.28. The van der Waals surface area contributed by atoms with E-state index in [-0.39, 0.29) is 5.57 Å². The van der Waals surface area contributed by atoms with Gasteiger partial charge in [0.1, 0.15) is 5.01 Å². The van der Waals surface area contributed by atoms with Gasteiger partial charge in [0, 0.05) is 12.1 Å². The summed E-state index contributed by atoms with van der Waals surface area (Å²) in [5.74, 6) is -0.442. The van der Waals surface area contributed by atoms with E-state index < -0.39 is 23.5 Å². The first-order valence-corrected chi connectivity index (χ1v) is 13.3. The molecule has 0 radical (unpaired) electrons. The Bertz CT molecular complexity index is 1370. The molecule has 4 rings (SSSR count). The van der Waals surface area contributed by atoms with Crippen LogP contribution in [0.1, 0.15) is 33.4 Å². The first kappa shape index (κ1) is 28.1. The van der Waals surface area contributed by atoms with Crippen LogP contribution in [0.5, 0.6) is 17.2 Å². The molecule has 0 aliphatic carbocycles. The Labute approximate surface area is 232 Å². The van der Waals surface area contributed by atoms with E-state index in [0.29, 0.717) is 51.4 Å². The number of nitrogens with zero attached hydrogens (tertiary/aromatic N) is 3. The van der Waals surface area contributed by atoms with Crippen molar-refractivity contribution in [2.45, 2.75) is 19.4 Å². The minimum atomic E-state index is -0.859. The summed E-state index contributed by atoms with van der Waals surface area (Å²) in [4.78, 5) is 36.0. The summed E-state index contributed by atoms with van der Waals surface area (Å²) in [5, 5.41) is 11.8. The predicted molar refractivity (Wildman–Crippen MR) is 150 cm³/mol. The monoisotopic (exact) mass is 551 g/mol. The minimum Gasteiger partial charge on any atom is -0.503 e. The van der Waals surface area contributed by atoms with Crippen LogP contribution in [0.3, 0.4) is 0 Å². The zero-order valence-electron chi connectivity index (χ0n) is 23.0. The van der Waals surface area contributed by atoms with Gasteiger partial charge in [-0.3, -0.25) is 9.59 Å². The molecule has 0 spiro atoms. The molecule has 2 aromatic carbocycles. The molecule has 9 nitrogen and oxygen atoms in total. The molecule has 10 heteroatoms. The molecule has 1 amide bonds. The van der Waals surface area contributed by atoms with Crippen LogP contribution >= 0.6 is 11.3 Å². The highest BCUT2D eigenvalue weighted by atomic mass is 32.1. The molecule has 2 heterocycles. The molecule has 1 atom stereocenters. The fraction of sp³-hybridized carbons (Fsp3) is 0.345. The number of aliphatic hydroxyl groups is 1. The summed E-state index contributed by atoms with van der Waals surface area (Å²) >= 11 is 1.24. The van der Waals surface area contributed by atoms with Crippen molar-refractivity contribution in [1.29, 1.82) is 0 Å². The standard InChI is InChI=1S/C29H33N3O6S/c1-17-27(39-28(30-17)18-11-8-7-9-12-18)24(33)22-23(32(29(35)25(22)34)14-10-13-31(2)3)19-15-20(36-4)26(38-6)21(16-19)37-5/h7-9,11-12,15-16,23,34H,10,13-14H2,1-6H3/t23-/m1/s1. The number of carbonyl (C=O) groups excluding carboxylic acids is 2. The number of benzene rings is 2. The van der Waals surface area contributed by atoms with Gasteiger partial charge in [0.2, 0.25) is 11.5 Å². The number of rotatable bonds is 11. The molecule has 1 aromatic heterocycles. The Hall–Kier alpha value is -3.89. The van der Waals surface area contributed by atoms with Crippen LogP contribution in [0, 0.1) is 6.92 Å². The van der Waals surface area contributed by atoms with E-state index in [9.17, 15) is 14.7 Å². The molecule has 0 saturated carbocycles. The lowest BCUT2D eigenvalue weighted by atomic mass is 9.94. The van der Waals surface area contributed by atoms with E-state index in [1.807, 2.05) is 49.3 Å². The maximum atomic E-state index is 14.1. The third-order valence-corrected chi connectivity index (χ3v) is 7.78. The van der Waals surface area contributed by atoms with Gasteiger partial charge in [0.15, 0.2) is 17.3 Å². The Morgan fingerprint density at radius 2 is 1.72 bits per heavy atom. The highest BCUT2D eigenvalue weighted by molar-refractivity contribution is 7.17. The van der Waals surface area contributed by atoms with Gasteiger partial charge in [-0.1, -0.05) is 30.3 Å². The number of thiazole rings is 1.